The number of halogens is 1. The Labute approximate surface area is 116 Å². The van der Waals surface area contributed by atoms with Gasteiger partial charge in [-0.1, -0.05) is 42.4 Å². The minimum Gasteiger partial charge on any atom is -0.298 e. The zero-order valence-corrected chi connectivity index (χ0v) is 10.8. The molecule has 19 heavy (non-hydrogen) atoms. The number of hydrogen-bond acceptors (Lipinski definition) is 3. The Balaban J connectivity index is 1.98. The smallest absolute Gasteiger partial charge is 0.288 e. The molecule has 2 aromatic rings. The molecule has 0 unspecified atom stereocenters. The van der Waals surface area contributed by atoms with Crippen LogP contribution in [0.25, 0.3) is 5.70 Å². The van der Waals surface area contributed by atoms with Gasteiger partial charge in [-0.2, -0.15) is 0 Å². The van der Waals surface area contributed by atoms with Crippen LogP contribution >= 0.6 is 11.6 Å². The van der Waals surface area contributed by atoms with Crippen LogP contribution in [0.15, 0.2) is 55.2 Å². The van der Waals surface area contributed by atoms with Gasteiger partial charge in [0.1, 0.15) is 5.69 Å². The molecule has 2 N–H and O–H groups in total. The van der Waals surface area contributed by atoms with Gasteiger partial charge in [0.15, 0.2) is 0 Å². The average molecular weight is 274 g/mol. The molecule has 1 aromatic carbocycles. The second-order valence-corrected chi connectivity index (χ2v) is 4.16. The van der Waals surface area contributed by atoms with E-state index in [0.717, 1.165) is 5.56 Å². The van der Waals surface area contributed by atoms with Gasteiger partial charge in [-0.3, -0.25) is 20.6 Å². The van der Waals surface area contributed by atoms with Gasteiger partial charge in [0.05, 0.1) is 5.70 Å². The molecule has 0 aliphatic carbocycles. The van der Waals surface area contributed by atoms with Crippen molar-refractivity contribution in [2.24, 2.45) is 0 Å². The largest absolute Gasteiger partial charge is 0.298 e. The minimum atomic E-state index is -0.339. The zero-order chi connectivity index (χ0) is 13.7. The van der Waals surface area contributed by atoms with Crippen LogP contribution in [0.3, 0.4) is 0 Å². The van der Waals surface area contributed by atoms with E-state index in [-0.39, 0.29) is 5.91 Å². The fourth-order valence-corrected chi connectivity index (χ4v) is 1.72. The normalized spacial score (nSPS) is 9.74. The molecule has 2 rings (SSSR count). The highest BCUT2D eigenvalue weighted by molar-refractivity contribution is 6.32. The van der Waals surface area contributed by atoms with E-state index in [9.17, 15) is 4.79 Å². The van der Waals surface area contributed by atoms with E-state index in [1.807, 2.05) is 18.2 Å². The predicted molar refractivity (Wildman–Crippen MR) is 75.3 cm³/mol. The Morgan fingerprint density at radius 1 is 1.11 bits per heavy atom. The molecule has 0 aliphatic heterocycles. The Morgan fingerprint density at radius 3 is 2.53 bits per heavy atom. The maximum absolute atomic E-state index is 11.8. The number of rotatable bonds is 4. The third kappa shape index (κ3) is 3.33. The molecule has 0 radical (unpaired) electrons. The molecule has 1 aromatic heterocycles. The summed E-state index contributed by atoms with van der Waals surface area (Å²) in [5.74, 6) is -0.339. The van der Waals surface area contributed by atoms with E-state index in [1.165, 1.54) is 0 Å². The van der Waals surface area contributed by atoms with Crippen molar-refractivity contribution in [3.8, 4) is 0 Å². The highest BCUT2D eigenvalue weighted by atomic mass is 35.5. The zero-order valence-electron chi connectivity index (χ0n) is 10.1. The van der Waals surface area contributed by atoms with Gasteiger partial charge in [-0.25, -0.2) is 0 Å². The molecule has 0 saturated heterocycles. The Kier molecular flexibility index (Phi) is 4.15. The Morgan fingerprint density at radius 2 is 1.84 bits per heavy atom. The summed E-state index contributed by atoms with van der Waals surface area (Å²) in [6.45, 7) is 3.82. The van der Waals surface area contributed by atoms with Gasteiger partial charge < -0.3 is 0 Å². The van der Waals surface area contributed by atoms with Crippen molar-refractivity contribution in [2.45, 2.75) is 0 Å². The predicted octanol–water partition coefficient (Wildman–Crippen LogP) is 2.64. The number of benzene rings is 1. The van der Waals surface area contributed by atoms with Crippen molar-refractivity contribution >= 4 is 23.2 Å². The van der Waals surface area contributed by atoms with E-state index in [4.69, 9.17) is 11.6 Å². The molecule has 5 heteroatoms. The topological polar surface area (TPSA) is 54.0 Å². The molecule has 0 saturated carbocycles. The lowest BCUT2D eigenvalue weighted by atomic mass is 10.2. The van der Waals surface area contributed by atoms with E-state index in [1.54, 1.807) is 30.5 Å². The third-order valence-electron chi connectivity index (χ3n) is 2.42. The number of amides is 1. The molecule has 1 amide bonds. The first-order chi connectivity index (χ1) is 9.18. The lowest BCUT2D eigenvalue weighted by molar-refractivity contribution is 0.0937. The van der Waals surface area contributed by atoms with Crippen LogP contribution in [0.4, 0.5) is 0 Å². The van der Waals surface area contributed by atoms with E-state index >= 15 is 0 Å². The van der Waals surface area contributed by atoms with Crippen LogP contribution in [0.2, 0.25) is 5.02 Å². The molecule has 0 atom stereocenters. The van der Waals surface area contributed by atoms with Gasteiger partial charge in [-0.15, -0.1) is 0 Å². The fourth-order valence-electron chi connectivity index (χ4n) is 1.47. The van der Waals surface area contributed by atoms with Crippen molar-refractivity contribution < 1.29 is 4.79 Å². The minimum absolute atomic E-state index is 0.321. The van der Waals surface area contributed by atoms with Crippen LogP contribution in [0.1, 0.15) is 16.1 Å². The van der Waals surface area contributed by atoms with Crippen LogP contribution in [0, 0.1) is 0 Å². The first-order valence-corrected chi connectivity index (χ1v) is 5.97. The standard InChI is InChI=1S/C14H12ClN3O/c1-10(11-6-2-3-7-12(11)15)17-18-14(19)13-8-4-5-9-16-13/h2-9,17H,1H2,(H,18,19). The van der Waals surface area contributed by atoms with Crippen LogP contribution < -0.4 is 10.9 Å². The summed E-state index contributed by atoms with van der Waals surface area (Å²) in [5, 5.41) is 0.562. The SMILES string of the molecule is C=C(NNC(=O)c1ccccn1)c1ccccc1Cl. The summed E-state index contributed by atoms with van der Waals surface area (Å²) < 4.78 is 0. The number of hydrogen-bond donors (Lipinski definition) is 2. The molecular formula is C14H12ClN3O. The summed E-state index contributed by atoms with van der Waals surface area (Å²) in [6.07, 6.45) is 1.55. The van der Waals surface area contributed by atoms with E-state index in [0.29, 0.717) is 16.4 Å². The monoisotopic (exact) mass is 273 g/mol. The highest BCUT2D eigenvalue weighted by Crippen LogP contribution is 2.19. The molecule has 4 nitrogen and oxygen atoms in total. The lowest BCUT2D eigenvalue weighted by Gasteiger charge is -2.11. The Bertz CT molecular complexity index is 599. The van der Waals surface area contributed by atoms with Gasteiger partial charge in [0.2, 0.25) is 0 Å². The van der Waals surface area contributed by atoms with Gasteiger partial charge in [-0.05, 0) is 18.2 Å². The van der Waals surface area contributed by atoms with Gasteiger partial charge >= 0.3 is 0 Å². The van der Waals surface area contributed by atoms with Gasteiger partial charge in [0.25, 0.3) is 5.91 Å². The second kappa shape index (κ2) is 6.02. The lowest BCUT2D eigenvalue weighted by Crippen LogP contribution is -2.36. The Hall–Kier alpha value is -2.33. The van der Waals surface area contributed by atoms with Crippen LogP contribution in [-0.4, -0.2) is 10.9 Å². The molecule has 0 fully saturated rings. The molecule has 1 heterocycles. The number of hydrazine groups is 1. The summed E-state index contributed by atoms with van der Waals surface area (Å²) in [4.78, 5) is 15.7. The maximum Gasteiger partial charge on any atom is 0.288 e. The number of pyridine rings is 1. The summed E-state index contributed by atoms with van der Waals surface area (Å²) in [6, 6.07) is 12.3. The third-order valence-corrected chi connectivity index (χ3v) is 2.75. The summed E-state index contributed by atoms with van der Waals surface area (Å²) >= 11 is 6.03. The highest BCUT2D eigenvalue weighted by Gasteiger charge is 2.07. The van der Waals surface area contributed by atoms with Crippen molar-refractivity contribution in [3.05, 3.63) is 71.5 Å². The van der Waals surface area contributed by atoms with Crippen molar-refractivity contribution in [3.63, 3.8) is 0 Å². The molecule has 0 aliphatic rings. The molecule has 0 spiro atoms. The van der Waals surface area contributed by atoms with Crippen molar-refractivity contribution in [2.75, 3.05) is 0 Å². The van der Waals surface area contributed by atoms with E-state index < -0.39 is 0 Å². The number of nitrogens with zero attached hydrogens (tertiary/aromatic N) is 1. The van der Waals surface area contributed by atoms with Crippen molar-refractivity contribution in [1.29, 1.82) is 0 Å². The van der Waals surface area contributed by atoms with Crippen LogP contribution in [-0.2, 0) is 0 Å². The van der Waals surface area contributed by atoms with E-state index in [2.05, 4.69) is 22.4 Å². The van der Waals surface area contributed by atoms with Gasteiger partial charge in [0, 0.05) is 16.8 Å². The quantitative estimate of drug-likeness (QED) is 0.842. The van der Waals surface area contributed by atoms with Crippen LogP contribution in [0.5, 0.6) is 0 Å². The number of aromatic nitrogens is 1. The molecule has 0 bridgehead atoms. The number of carbonyl (C=O) groups is 1. The fraction of sp³-hybridized carbons (Fsp3) is 0. The second-order valence-electron chi connectivity index (χ2n) is 3.75. The molecule has 96 valence electrons. The van der Waals surface area contributed by atoms with Crippen molar-refractivity contribution in [1.82, 2.24) is 15.8 Å². The first-order valence-electron chi connectivity index (χ1n) is 5.59. The molecular weight excluding hydrogens is 262 g/mol. The average Bonchev–Trinajstić information content (AvgIpc) is 2.46. The summed E-state index contributed by atoms with van der Waals surface area (Å²) in [5.41, 5.74) is 6.79. The number of carbonyl (C=O) groups excluding carboxylic acids is 1. The summed E-state index contributed by atoms with van der Waals surface area (Å²) in [7, 11) is 0. The maximum atomic E-state index is 11.8. The first kappa shape index (κ1) is 13.1. The number of nitrogens with one attached hydrogen (secondary N) is 2.